The Morgan fingerprint density at radius 3 is 3.07 bits per heavy atom. The average molecular weight is 267 g/mol. The summed E-state index contributed by atoms with van der Waals surface area (Å²) in [6.45, 7) is 0. The van der Waals surface area contributed by atoms with E-state index in [1.807, 2.05) is 24.4 Å². The number of para-hydroxylation sites is 1. The van der Waals surface area contributed by atoms with Crippen molar-refractivity contribution in [3.05, 3.63) is 34.4 Å². The van der Waals surface area contributed by atoms with Crippen LogP contribution < -0.4 is 5.73 Å². The zero-order valence-electron chi connectivity index (χ0n) is 8.03. The molecule has 0 fully saturated rings. The van der Waals surface area contributed by atoms with E-state index in [1.54, 1.807) is 0 Å². The minimum Gasteiger partial charge on any atom is -0.360 e. The van der Waals surface area contributed by atoms with Gasteiger partial charge in [-0.25, -0.2) is 0 Å². The predicted molar refractivity (Wildman–Crippen MR) is 63.7 cm³/mol. The molecule has 3 N–H and O–H groups in total. The van der Waals surface area contributed by atoms with E-state index in [4.69, 9.17) is 5.73 Å². The molecule has 0 saturated carbocycles. The Bertz CT molecular complexity index is 492. The number of rotatable bonds is 3. The van der Waals surface area contributed by atoms with Gasteiger partial charge in [-0.15, -0.1) is 0 Å². The first-order valence-corrected chi connectivity index (χ1v) is 5.47. The summed E-state index contributed by atoms with van der Waals surface area (Å²) in [4.78, 5) is 13.7. The fraction of sp³-hybridized carbons (Fsp3) is 0.182. The summed E-state index contributed by atoms with van der Waals surface area (Å²) in [5.41, 5.74) is 7.72. The molecule has 0 bridgehead atoms. The molecule has 2 aromatic rings. The number of aromatic amines is 1. The van der Waals surface area contributed by atoms with Crippen LogP contribution >= 0.6 is 15.9 Å². The molecule has 0 aliphatic rings. The zero-order chi connectivity index (χ0) is 10.8. The third kappa shape index (κ3) is 1.96. The van der Waals surface area contributed by atoms with Crippen molar-refractivity contribution in [1.29, 1.82) is 0 Å². The van der Waals surface area contributed by atoms with Crippen LogP contribution in [0.4, 0.5) is 0 Å². The molecule has 0 aliphatic heterocycles. The first-order chi connectivity index (χ1) is 7.22. The summed E-state index contributed by atoms with van der Waals surface area (Å²) < 4.78 is 1.02. The van der Waals surface area contributed by atoms with E-state index < -0.39 is 6.04 Å². The molecule has 0 unspecified atom stereocenters. The Labute approximate surface area is 95.8 Å². The lowest BCUT2D eigenvalue weighted by Gasteiger charge is -2.02. The first kappa shape index (κ1) is 10.4. The number of hydrogen-bond donors (Lipinski definition) is 2. The van der Waals surface area contributed by atoms with Crippen molar-refractivity contribution in [2.75, 3.05) is 0 Å². The summed E-state index contributed by atoms with van der Waals surface area (Å²) in [5, 5.41) is 1.11. The Balaban J connectivity index is 2.45. The van der Waals surface area contributed by atoms with Gasteiger partial charge in [0.1, 0.15) is 6.29 Å². The van der Waals surface area contributed by atoms with Gasteiger partial charge in [0.2, 0.25) is 0 Å². The normalized spacial score (nSPS) is 12.9. The van der Waals surface area contributed by atoms with Gasteiger partial charge in [0, 0.05) is 16.1 Å². The van der Waals surface area contributed by atoms with E-state index in [2.05, 4.69) is 20.9 Å². The maximum absolute atomic E-state index is 10.5. The molecule has 1 aromatic carbocycles. The Morgan fingerprint density at radius 2 is 2.33 bits per heavy atom. The standard InChI is InChI=1S/C11H11BrN2O/c12-10-3-1-2-9-7(4-8(13)6-15)5-14-11(9)10/h1-3,5-6,8,14H,4,13H2/t8-/m0/s1. The van der Waals surface area contributed by atoms with Crippen molar-refractivity contribution in [2.24, 2.45) is 5.73 Å². The molecule has 1 heterocycles. The minimum atomic E-state index is -0.428. The van der Waals surface area contributed by atoms with Crippen LogP contribution in [0.15, 0.2) is 28.9 Å². The van der Waals surface area contributed by atoms with Gasteiger partial charge in [0.15, 0.2) is 0 Å². The summed E-state index contributed by atoms with van der Waals surface area (Å²) in [5.74, 6) is 0. The van der Waals surface area contributed by atoms with Crippen LogP contribution in [0.2, 0.25) is 0 Å². The number of carbonyl (C=O) groups is 1. The molecule has 2 rings (SSSR count). The van der Waals surface area contributed by atoms with Crippen molar-refractivity contribution < 1.29 is 4.79 Å². The molecule has 0 spiro atoms. The molecule has 78 valence electrons. The van der Waals surface area contributed by atoms with Crippen LogP contribution in [-0.4, -0.2) is 17.3 Å². The highest BCUT2D eigenvalue weighted by atomic mass is 79.9. The molecule has 0 amide bonds. The zero-order valence-corrected chi connectivity index (χ0v) is 9.62. The monoisotopic (exact) mass is 266 g/mol. The highest BCUT2D eigenvalue weighted by Gasteiger charge is 2.09. The van der Waals surface area contributed by atoms with Gasteiger partial charge < -0.3 is 15.5 Å². The summed E-state index contributed by atoms with van der Waals surface area (Å²) in [7, 11) is 0. The molecule has 4 heteroatoms. The third-order valence-corrected chi connectivity index (χ3v) is 3.04. The molecular formula is C11H11BrN2O. The number of hydrogen-bond acceptors (Lipinski definition) is 2. The van der Waals surface area contributed by atoms with Crippen LogP contribution in [0.25, 0.3) is 10.9 Å². The number of carbonyl (C=O) groups excluding carboxylic acids is 1. The number of halogens is 1. The second-order valence-corrected chi connectivity index (χ2v) is 4.33. The van der Waals surface area contributed by atoms with Crippen molar-refractivity contribution >= 4 is 33.1 Å². The fourth-order valence-corrected chi connectivity index (χ4v) is 2.13. The lowest BCUT2D eigenvalue weighted by molar-refractivity contribution is -0.108. The quantitative estimate of drug-likeness (QED) is 0.835. The van der Waals surface area contributed by atoms with E-state index in [0.29, 0.717) is 6.42 Å². The number of nitrogens with one attached hydrogen (secondary N) is 1. The highest BCUT2D eigenvalue weighted by molar-refractivity contribution is 9.10. The van der Waals surface area contributed by atoms with E-state index in [-0.39, 0.29) is 0 Å². The van der Waals surface area contributed by atoms with Crippen LogP contribution in [-0.2, 0) is 11.2 Å². The lowest BCUT2D eigenvalue weighted by Crippen LogP contribution is -2.23. The largest absolute Gasteiger partial charge is 0.360 e. The van der Waals surface area contributed by atoms with Crippen LogP contribution in [0, 0.1) is 0 Å². The molecule has 0 radical (unpaired) electrons. The van der Waals surface area contributed by atoms with Gasteiger partial charge in [0.05, 0.1) is 11.6 Å². The number of H-pyrrole nitrogens is 1. The van der Waals surface area contributed by atoms with Crippen LogP contribution in [0.1, 0.15) is 5.56 Å². The van der Waals surface area contributed by atoms with Crippen LogP contribution in [0.5, 0.6) is 0 Å². The SMILES string of the molecule is N[C@H](C=O)Cc1c[nH]c2c(Br)cccc12. The first-order valence-electron chi connectivity index (χ1n) is 4.67. The lowest BCUT2D eigenvalue weighted by atomic mass is 10.1. The van der Waals surface area contributed by atoms with Crippen molar-refractivity contribution in [1.82, 2.24) is 4.98 Å². The second-order valence-electron chi connectivity index (χ2n) is 3.48. The summed E-state index contributed by atoms with van der Waals surface area (Å²) >= 11 is 3.46. The van der Waals surface area contributed by atoms with E-state index in [1.165, 1.54) is 0 Å². The molecule has 3 nitrogen and oxygen atoms in total. The smallest absolute Gasteiger partial charge is 0.137 e. The second kappa shape index (κ2) is 4.16. The predicted octanol–water partition coefficient (Wildman–Crippen LogP) is 2.00. The van der Waals surface area contributed by atoms with Gasteiger partial charge in [0.25, 0.3) is 0 Å². The number of nitrogens with two attached hydrogens (primary N) is 1. The van der Waals surface area contributed by atoms with Gasteiger partial charge >= 0.3 is 0 Å². The maximum Gasteiger partial charge on any atom is 0.137 e. The Morgan fingerprint density at radius 1 is 1.53 bits per heavy atom. The maximum atomic E-state index is 10.5. The molecule has 0 aliphatic carbocycles. The van der Waals surface area contributed by atoms with Gasteiger partial charge in [-0.2, -0.15) is 0 Å². The third-order valence-electron chi connectivity index (χ3n) is 2.38. The van der Waals surface area contributed by atoms with Crippen molar-refractivity contribution in [2.45, 2.75) is 12.5 Å². The van der Waals surface area contributed by atoms with Crippen molar-refractivity contribution in [3.8, 4) is 0 Å². The highest BCUT2D eigenvalue weighted by Crippen LogP contribution is 2.25. The van der Waals surface area contributed by atoms with Gasteiger partial charge in [-0.05, 0) is 34.0 Å². The number of aromatic nitrogens is 1. The average Bonchev–Trinajstić information content (AvgIpc) is 2.63. The number of fused-ring (bicyclic) bond motifs is 1. The van der Waals surface area contributed by atoms with E-state index in [0.717, 1.165) is 27.2 Å². The number of aldehydes is 1. The molecule has 1 aromatic heterocycles. The fourth-order valence-electron chi connectivity index (χ4n) is 1.65. The minimum absolute atomic E-state index is 0.428. The topological polar surface area (TPSA) is 58.9 Å². The van der Waals surface area contributed by atoms with Crippen molar-refractivity contribution in [3.63, 3.8) is 0 Å². The summed E-state index contributed by atoms with van der Waals surface area (Å²) in [6.07, 6.45) is 3.25. The Hall–Kier alpha value is -1.13. The molecule has 0 saturated heterocycles. The Kier molecular flexibility index (Phi) is 2.88. The summed E-state index contributed by atoms with van der Waals surface area (Å²) in [6, 6.07) is 5.53. The molecular weight excluding hydrogens is 256 g/mol. The van der Waals surface area contributed by atoms with E-state index in [9.17, 15) is 4.79 Å². The van der Waals surface area contributed by atoms with Gasteiger partial charge in [-0.3, -0.25) is 0 Å². The molecule has 1 atom stereocenters. The van der Waals surface area contributed by atoms with E-state index >= 15 is 0 Å². The van der Waals surface area contributed by atoms with Crippen LogP contribution in [0.3, 0.4) is 0 Å². The molecule has 15 heavy (non-hydrogen) atoms. The van der Waals surface area contributed by atoms with Gasteiger partial charge in [-0.1, -0.05) is 12.1 Å². The number of benzene rings is 1.